The van der Waals surface area contributed by atoms with Gasteiger partial charge in [-0.1, -0.05) is 17.7 Å². The second kappa shape index (κ2) is 4.71. The van der Waals surface area contributed by atoms with Gasteiger partial charge in [0.05, 0.1) is 28.9 Å². The zero-order valence-electron chi connectivity index (χ0n) is 9.92. The zero-order valence-corrected chi connectivity index (χ0v) is 10.7. The fraction of sp³-hybridized carbons (Fsp3) is 0.0714. The molecule has 0 aromatic carbocycles. The van der Waals surface area contributed by atoms with E-state index in [2.05, 4.69) is 16.0 Å². The van der Waals surface area contributed by atoms with Gasteiger partial charge >= 0.3 is 0 Å². The molecule has 0 amide bonds. The van der Waals surface area contributed by atoms with E-state index in [0.717, 1.165) is 22.7 Å². The number of nitriles is 1. The van der Waals surface area contributed by atoms with Gasteiger partial charge in [-0.15, -0.1) is 0 Å². The average Bonchev–Trinajstić information content (AvgIpc) is 2.79. The van der Waals surface area contributed by atoms with E-state index in [4.69, 9.17) is 16.9 Å². The lowest BCUT2D eigenvalue weighted by atomic mass is 10.2. The van der Waals surface area contributed by atoms with Crippen LogP contribution in [0.1, 0.15) is 5.69 Å². The Kier molecular flexibility index (Phi) is 2.90. The SMILES string of the molecule is N#CCc1c(-c2ccccn2)nc2ccc(Cl)cn12. The Morgan fingerprint density at radius 3 is 2.89 bits per heavy atom. The minimum absolute atomic E-state index is 0.257. The first-order valence-corrected chi connectivity index (χ1v) is 6.12. The number of nitrogens with zero attached hydrogens (tertiary/aromatic N) is 4. The molecule has 4 nitrogen and oxygen atoms in total. The quantitative estimate of drug-likeness (QED) is 0.717. The van der Waals surface area contributed by atoms with Crippen molar-refractivity contribution >= 4 is 17.2 Å². The molecule has 3 heterocycles. The van der Waals surface area contributed by atoms with Crippen LogP contribution in [0.3, 0.4) is 0 Å². The molecule has 3 aromatic heterocycles. The second-order valence-electron chi connectivity index (χ2n) is 4.03. The molecule has 0 aliphatic rings. The van der Waals surface area contributed by atoms with Crippen LogP contribution in [0, 0.1) is 11.3 Å². The van der Waals surface area contributed by atoms with Gasteiger partial charge in [-0.3, -0.25) is 4.98 Å². The lowest BCUT2D eigenvalue weighted by Crippen LogP contribution is -1.94. The highest BCUT2D eigenvalue weighted by Gasteiger charge is 2.14. The lowest BCUT2D eigenvalue weighted by Gasteiger charge is -2.00. The van der Waals surface area contributed by atoms with E-state index in [-0.39, 0.29) is 6.42 Å². The smallest absolute Gasteiger partial charge is 0.137 e. The fourth-order valence-corrected chi connectivity index (χ4v) is 2.18. The van der Waals surface area contributed by atoms with Gasteiger partial charge in [0, 0.05) is 12.4 Å². The Morgan fingerprint density at radius 2 is 2.16 bits per heavy atom. The third-order valence-corrected chi connectivity index (χ3v) is 3.06. The van der Waals surface area contributed by atoms with Gasteiger partial charge in [-0.05, 0) is 24.3 Å². The summed E-state index contributed by atoms with van der Waals surface area (Å²) in [4.78, 5) is 8.82. The van der Waals surface area contributed by atoms with E-state index in [0.29, 0.717) is 5.02 Å². The minimum atomic E-state index is 0.257. The maximum absolute atomic E-state index is 8.99. The van der Waals surface area contributed by atoms with E-state index in [1.807, 2.05) is 28.7 Å². The third kappa shape index (κ3) is 2.05. The molecule has 5 heteroatoms. The van der Waals surface area contributed by atoms with Crippen molar-refractivity contribution in [1.82, 2.24) is 14.4 Å². The summed E-state index contributed by atoms with van der Waals surface area (Å²) in [6.07, 6.45) is 3.74. The normalized spacial score (nSPS) is 10.5. The Labute approximate surface area is 114 Å². The second-order valence-corrected chi connectivity index (χ2v) is 4.47. The molecule has 0 radical (unpaired) electrons. The molecule has 0 saturated carbocycles. The highest BCUT2D eigenvalue weighted by molar-refractivity contribution is 6.30. The molecule has 3 rings (SSSR count). The van der Waals surface area contributed by atoms with Gasteiger partial charge in [0.1, 0.15) is 11.3 Å². The van der Waals surface area contributed by atoms with Crippen LogP contribution in [0.25, 0.3) is 17.0 Å². The molecule has 0 atom stereocenters. The minimum Gasteiger partial charge on any atom is -0.301 e. The summed E-state index contributed by atoms with van der Waals surface area (Å²) in [5.74, 6) is 0. The monoisotopic (exact) mass is 268 g/mol. The number of aromatic nitrogens is 3. The number of pyridine rings is 2. The van der Waals surface area contributed by atoms with Crippen molar-refractivity contribution in [2.75, 3.05) is 0 Å². The van der Waals surface area contributed by atoms with Crippen LogP contribution in [0.15, 0.2) is 42.7 Å². The van der Waals surface area contributed by atoms with E-state index in [9.17, 15) is 0 Å². The first-order valence-electron chi connectivity index (χ1n) is 5.74. The molecule has 0 spiro atoms. The molecule has 3 aromatic rings. The van der Waals surface area contributed by atoms with Crippen molar-refractivity contribution in [3.63, 3.8) is 0 Å². The highest BCUT2D eigenvalue weighted by Crippen LogP contribution is 2.24. The molecule has 0 bridgehead atoms. The standard InChI is InChI=1S/C14H9ClN4/c15-10-4-5-13-18-14(11-3-1-2-8-17-11)12(6-7-16)19(13)9-10/h1-5,8-9H,6H2. The maximum Gasteiger partial charge on any atom is 0.137 e. The molecule has 19 heavy (non-hydrogen) atoms. The van der Waals surface area contributed by atoms with Crippen molar-refractivity contribution in [3.8, 4) is 17.5 Å². The van der Waals surface area contributed by atoms with Gasteiger partial charge in [0.2, 0.25) is 0 Å². The number of halogens is 1. The molecule has 92 valence electrons. The van der Waals surface area contributed by atoms with Crippen molar-refractivity contribution in [1.29, 1.82) is 5.26 Å². The van der Waals surface area contributed by atoms with Crippen molar-refractivity contribution < 1.29 is 0 Å². The molecule has 0 aliphatic carbocycles. The number of rotatable bonds is 2. The summed E-state index contributed by atoms with van der Waals surface area (Å²) in [6.45, 7) is 0. The summed E-state index contributed by atoms with van der Waals surface area (Å²) in [6, 6.07) is 11.4. The van der Waals surface area contributed by atoms with Crippen molar-refractivity contribution in [3.05, 3.63) is 53.4 Å². The lowest BCUT2D eigenvalue weighted by molar-refractivity contribution is 1.05. The first-order chi connectivity index (χ1) is 9.29. The number of hydrogen-bond acceptors (Lipinski definition) is 3. The van der Waals surface area contributed by atoms with E-state index in [1.165, 1.54) is 0 Å². The van der Waals surface area contributed by atoms with E-state index < -0.39 is 0 Å². The van der Waals surface area contributed by atoms with Crippen LogP contribution in [0.2, 0.25) is 5.02 Å². The summed E-state index contributed by atoms with van der Waals surface area (Å²) >= 11 is 6.00. The van der Waals surface area contributed by atoms with Crippen LogP contribution in [-0.2, 0) is 6.42 Å². The fourth-order valence-electron chi connectivity index (χ4n) is 2.02. The molecule has 0 fully saturated rings. The summed E-state index contributed by atoms with van der Waals surface area (Å²) in [5, 5.41) is 9.60. The molecule has 0 aliphatic heterocycles. The van der Waals surface area contributed by atoms with Gasteiger partial charge in [0.15, 0.2) is 0 Å². The van der Waals surface area contributed by atoms with Gasteiger partial charge in [-0.2, -0.15) is 5.26 Å². The van der Waals surface area contributed by atoms with Gasteiger partial charge in [-0.25, -0.2) is 4.98 Å². The Morgan fingerprint density at radius 1 is 1.26 bits per heavy atom. The Hall–Kier alpha value is -2.38. The van der Waals surface area contributed by atoms with Crippen molar-refractivity contribution in [2.24, 2.45) is 0 Å². The Balaban J connectivity index is 2.30. The van der Waals surface area contributed by atoms with Crippen LogP contribution in [0.4, 0.5) is 0 Å². The van der Waals surface area contributed by atoms with Crippen LogP contribution >= 0.6 is 11.6 Å². The van der Waals surface area contributed by atoms with Gasteiger partial charge < -0.3 is 4.40 Å². The highest BCUT2D eigenvalue weighted by atomic mass is 35.5. The van der Waals surface area contributed by atoms with Crippen molar-refractivity contribution in [2.45, 2.75) is 6.42 Å². The van der Waals surface area contributed by atoms with Crippen LogP contribution in [-0.4, -0.2) is 14.4 Å². The predicted octanol–water partition coefficient (Wildman–Crippen LogP) is 3.12. The van der Waals surface area contributed by atoms with Crippen LogP contribution < -0.4 is 0 Å². The number of hydrogen-bond donors (Lipinski definition) is 0. The van der Waals surface area contributed by atoms with E-state index >= 15 is 0 Å². The topological polar surface area (TPSA) is 54.0 Å². The molecular formula is C14H9ClN4. The number of imidazole rings is 1. The largest absolute Gasteiger partial charge is 0.301 e. The average molecular weight is 269 g/mol. The predicted molar refractivity (Wildman–Crippen MR) is 72.8 cm³/mol. The Bertz CT molecular complexity index is 771. The summed E-state index contributed by atoms with van der Waals surface area (Å²) < 4.78 is 1.84. The zero-order chi connectivity index (χ0) is 13.2. The van der Waals surface area contributed by atoms with E-state index in [1.54, 1.807) is 18.5 Å². The summed E-state index contributed by atoms with van der Waals surface area (Å²) in [5.41, 5.74) is 3.05. The first kappa shape index (κ1) is 11.7. The molecule has 0 unspecified atom stereocenters. The molecular weight excluding hydrogens is 260 g/mol. The summed E-state index contributed by atoms with van der Waals surface area (Å²) in [7, 11) is 0. The molecule has 0 saturated heterocycles. The van der Waals surface area contributed by atoms with Crippen LogP contribution in [0.5, 0.6) is 0 Å². The number of fused-ring (bicyclic) bond motifs is 1. The molecule has 0 N–H and O–H groups in total. The third-order valence-electron chi connectivity index (χ3n) is 2.84. The maximum atomic E-state index is 8.99. The van der Waals surface area contributed by atoms with Gasteiger partial charge in [0.25, 0.3) is 0 Å².